The van der Waals surface area contributed by atoms with E-state index in [0.29, 0.717) is 12.8 Å². The van der Waals surface area contributed by atoms with E-state index >= 15 is 0 Å². The molecule has 43 heavy (non-hydrogen) atoms. The molecule has 0 saturated heterocycles. The summed E-state index contributed by atoms with van der Waals surface area (Å²) in [6, 6.07) is 3.73. The number of nitrogens with one attached hydrogen (secondary N) is 1. The van der Waals surface area contributed by atoms with Crippen LogP contribution in [0.15, 0.2) is 41.9 Å². The molecule has 8 heteroatoms. The minimum absolute atomic E-state index is 0.0599. The van der Waals surface area contributed by atoms with Crippen molar-refractivity contribution in [3.63, 3.8) is 0 Å². The predicted molar refractivity (Wildman–Crippen MR) is 160 cm³/mol. The summed E-state index contributed by atoms with van der Waals surface area (Å²) in [4.78, 5) is 49.1. The second-order valence-electron chi connectivity index (χ2n) is 16.0. The van der Waals surface area contributed by atoms with Gasteiger partial charge < -0.3 is 10.4 Å². The van der Waals surface area contributed by atoms with Gasteiger partial charge in [-0.15, -0.1) is 0 Å². The summed E-state index contributed by atoms with van der Waals surface area (Å²) >= 11 is 0. The Bertz CT molecular complexity index is 1540. The molecule has 6 rings (SSSR count). The molecule has 3 fully saturated rings. The number of hydrogen-bond donors (Lipinski definition) is 2. The first kappa shape index (κ1) is 29.9. The maximum absolute atomic E-state index is 14.6. The maximum atomic E-state index is 14.6. The zero-order valence-electron chi connectivity index (χ0n) is 26.5. The number of nitriles is 1. The van der Waals surface area contributed by atoms with Crippen LogP contribution in [0.25, 0.3) is 0 Å². The van der Waals surface area contributed by atoms with E-state index in [1.54, 1.807) is 12.1 Å². The standard InChI is InChI=1S/C35H44N4O4/c1-29(2)23-8-10-33(6)24(32(23,5)17-21(19-36)27(29)41)16-26(40)35(43)25-18-31(4,39-28(42)22-9-15-37-20-38-22)13-11-30(25,3)12-14-34(33,35)7/h9,15-17,20,23,25,43H,8,10-14,18H2,1-7H3,(H,39,42)/t23-,25+,30-,31-,32-,33+,34-,35+/m0/s1. The molecular weight excluding hydrogens is 540 g/mol. The van der Waals surface area contributed by atoms with Crippen molar-refractivity contribution < 1.29 is 19.5 Å². The summed E-state index contributed by atoms with van der Waals surface area (Å²) in [5.74, 6) is -1.14. The monoisotopic (exact) mass is 584 g/mol. The Labute approximate surface area is 254 Å². The molecule has 1 heterocycles. The van der Waals surface area contributed by atoms with Crippen molar-refractivity contribution in [1.29, 1.82) is 5.26 Å². The van der Waals surface area contributed by atoms with Crippen molar-refractivity contribution in [2.75, 3.05) is 0 Å². The number of fused-ring (bicyclic) bond motifs is 7. The van der Waals surface area contributed by atoms with Gasteiger partial charge in [-0.3, -0.25) is 14.4 Å². The molecule has 228 valence electrons. The van der Waals surface area contributed by atoms with Crippen LogP contribution in [0.2, 0.25) is 0 Å². The highest BCUT2D eigenvalue weighted by atomic mass is 16.3. The van der Waals surface area contributed by atoms with Gasteiger partial charge in [0.2, 0.25) is 0 Å². The van der Waals surface area contributed by atoms with Crippen LogP contribution in [-0.2, 0) is 9.59 Å². The normalized spacial score (nSPS) is 44.8. The molecule has 1 aromatic rings. The third-order valence-electron chi connectivity index (χ3n) is 13.5. The topological polar surface area (TPSA) is 133 Å². The minimum atomic E-state index is -1.63. The van der Waals surface area contributed by atoms with E-state index in [1.165, 1.54) is 12.5 Å². The van der Waals surface area contributed by atoms with E-state index in [2.05, 4.69) is 49.0 Å². The summed E-state index contributed by atoms with van der Waals surface area (Å²) in [6.45, 7) is 14.5. The summed E-state index contributed by atoms with van der Waals surface area (Å²) in [5.41, 5.74) is -3.86. The number of rotatable bonds is 2. The fourth-order valence-corrected chi connectivity index (χ4v) is 10.6. The molecule has 0 radical (unpaired) electrons. The highest BCUT2D eigenvalue weighted by Crippen LogP contribution is 2.75. The van der Waals surface area contributed by atoms with Crippen molar-refractivity contribution in [1.82, 2.24) is 15.3 Å². The van der Waals surface area contributed by atoms with Crippen molar-refractivity contribution >= 4 is 17.5 Å². The van der Waals surface area contributed by atoms with Crippen LogP contribution < -0.4 is 5.32 Å². The first-order chi connectivity index (χ1) is 19.9. The second kappa shape index (κ2) is 8.94. The maximum Gasteiger partial charge on any atom is 0.270 e. The minimum Gasteiger partial charge on any atom is -0.381 e. The molecule has 0 bridgehead atoms. The summed E-state index contributed by atoms with van der Waals surface area (Å²) in [7, 11) is 0. The van der Waals surface area contributed by atoms with E-state index in [0.717, 1.165) is 37.7 Å². The Morgan fingerprint density at radius 3 is 2.37 bits per heavy atom. The number of hydrogen-bond acceptors (Lipinski definition) is 7. The number of amides is 1. The Balaban J connectivity index is 1.45. The van der Waals surface area contributed by atoms with Crippen molar-refractivity contribution in [3.05, 3.63) is 47.6 Å². The van der Waals surface area contributed by atoms with Gasteiger partial charge >= 0.3 is 0 Å². The highest BCUT2D eigenvalue weighted by Gasteiger charge is 2.75. The largest absolute Gasteiger partial charge is 0.381 e. The number of aliphatic hydroxyl groups is 1. The summed E-state index contributed by atoms with van der Waals surface area (Å²) < 4.78 is 0. The molecule has 8 nitrogen and oxygen atoms in total. The molecule has 0 spiro atoms. The van der Waals surface area contributed by atoms with Gasteiger partial charge in [0.25, 0.3) is 5.91 Å². The average Bonchev–Trinajstić information content (AvgIpc) is 2.96. The van der Waals surface area contributed by atoms with E-state index in [9.17, 15) is 24.8 Å². The number of ketones is 2. The third kappa shape index (κ3) is 3.67. The molecule has 0 aromatic carbocycles. The van der Waals surface area contributed by atoms with Crippen molar-refractivity contribution in [2.45, 2.75) is 105 Å². The number of aromatic nitrogens is 2. The number of Topliss-reactive ketones (excluding diaryl/α,β-unsaturated/α-hetero) is 1. The second-order valence-corrected chi connectivity index (χ2v) is 16.0. The number of carbonyl (C=O) groups is 3. The Morgan fingerprint density at radius 2 is 1.72 bits per heavy atom. The lowest BCUT2D eigenvalue weighted by Crippen LogP contribution is -2.74. The number of allylic oxidation sites excluding steroid dienone is 3. The average molecular weight is 585 g/mol. The van der Waals surface area contributed by atoms with Gasteiger partial charge in [-0.1, -0.05) is 47.6 Å². The Hall–Kier alpha value is -3.18. The Kier molecular flexibility index (Phi) is 6.21. The SMILES string of the molecule is CC1(C)C(=O)C(C#N)=C[C@]2(C)C3=CC(=O)[C@]4(O)[C@@H]5C[C@@](C)(NC(=O)c6ccncn6)CC[C@@]5(C)CC[C@@]4(C)[C@]3(C)CC[C@@H]12. The molecule has 0 aliphatic heterocycles. The zero-order chi connectivity index (χ0) is 31.4. The first-order valence-corrected chi connectivity index (χ1v) is 15.7. The molecule has 1 amide bonds. The fourth-order valence-electron chi connectivity index (χ4n) is 10.6. The first-order valence-electron chi connectivity index (χ1n) is 15.7. The molecule has 3 saturated carbocycles. The van der Waals surface area contributed by atoms with Gasteiger partial charge in [-0.2, -0.15) is 5.26 Å². The van der Waals surface area contributed by atoms with Crippen LogP contribution in [0.1, 0.15) is 104 Å². The summed E-state index contributed by atoms with van der Waals surface area (Å²) in [6.07, 6.45) is 11.4. The van der Waals surface area contributed by atoms with E-state index in [1.807, 2.05) is 26.8 Å². The molecule has 2 N–H and O–H groups in total. The molecule has 8 atom stereocenters. The van der Waals surface area contributed by atoms with Gasteiger partial charge in [-0.25, -0.2) is 9.97 Å². The molecule has 0 unspecified atom stereocenters. The van der Waals surface area contributed by atoms with Gasteiger partial charge in [0.15, 0.2) is 11.6 Å². The van der Waals surface area contributed by atoms with E-state index in [4.69, 9.17) is 0 Å². The lowest BCUT2D eigenvalue weighted by molar-refractivity contribution is -0.240. The number of nitrogens with zero attached hydrogens (tertiary/aromatic N) is 3. The Morgan fingerprint density at radius 1 is 1.02 bits per heavy atom. The third-order valence-corrected chi connectivity index (χ3v) is 13.5. The van der Waals surface area contributed by atoms with Crippen LogP contribution in [0, 0.1) is 50.2 Å². The van der Waals surface area contributed by atoms with Gasteiger partial charge in [0.1, 0.15) is 23.7 Å². The van der Waals surface area contributed by atoms with E-state index in [-0.39, 0.29) is 46.0 Å². The van der Waals surface area contributed by atoms with Gasteiger partial charge in [0.05, 0.1) is 5.57 Å². The molecular formula is C35H44N4O4. The predicted octanol–water partition coefficient (Wildman–Crippen LogP) is 5.29. The quantitative estimate of drug-likeness (QED) is 0.482. The zero-order valence-corrected chi connectivity index (χ0v) is 26.5. The van der Waals surface area contributed by atoms with Crippen molar-refractivity contribution in [2.24, 2.45) is 38.9 Å². The smallest absolute Gasteiger partial charge is 0.270 e. The van der Waals surface area contributed by atoms with Crippen LogP contribution >= 0.6 is 0 Å². The molecule has 1 aromatic heterocycles. The number of carbonyl (C=O) groups excluding carboxylic acids is 3. The lowest BCUT2D eigenvalue weighted by Gasteiger charge is -2.71. The lowest BCUT2D eigenvalue weighted by atomic mass is 9.33. The van der Waals surface area contributed by atoms with E-state index < -0.39 is 32.8 Å². The van der Waals surface area contributed by atoms with Crippen LogP contribution in [-0.4, -0.2) is 43.7 Å². The fraction of sp³-hybridized carbons (Fsp3) is 0.657. The highest BCUT2D eigenvalue weighted by molar-refractivity contribution is 6.05. The van der Waals surface area contributed by atoms with Crippen LogP contribution in [0.3, 0.4) is 0 Å². The van der Waals surface area contributed by atoms with Crippen molar-refractivity contribution in [3.8, 4) is 6.07 Å². The van der Waals surface area contributed by atoms with Gasteiger partial charge in [0, 0.05) is 33.9 Å². The van der Waals surface area contributed by atoms with Gasteiger partial charge in [-0.05, 0) is 86.3 Å². The van der Waals surface area contributed by atoms with Crippen LogP contribution in [0.5, 0.6) is 0 Å². The molecule has 5 aliphatic rings. The summed E-state index contributed by atoms with van der Waals surface area (Å²) in [5, 5.41) is 26.2. The molecule has 5 aliphatic carbocycles. The van der Waals surface area contributed by atoms with Crippen LogP contribution in [0.4, 0.5) is 0 Å².